The number of carbonyl (C=O) groups excluding carboxylic acids is 3. The van der Waals surface area contributed by atoms with Crippen molar-refractivity contribution >= 4 is 23.2 Å². The molecular weight excluding hydrogens is 378 g/mol. The number of amides is 1. The van der Waals surface area contributed by atoms with Gasteiger partial charge >= 0.3 is 0 Å². The number of nitrogens with one attached hydrogen (secondary N) is 2. The molecule has 0 aliphatic heterocycles. The van der Waals surface area contributed by atoms with Gasteiger partial charge in [-0.05, 0) is 12.5 Å². The molecule has 0 radical (unpaired) electrons. The van der Waals surface area contributed by atoms with Gasteiger partial charge in [0.2, 0.25) is 6.54 Å². The summed E-state index contributed by atoms with van der Waals surface area (Å²) in [6.07, 6.45) is 4.37. The number of rotatable bonds is 7. The van der Waals surface area contributed by atoms with Crippen molar-refractivity contribution in [1.29, 1.82) is 0 Å². The third-order valence-electron chi connectivity index (χ3n) is 5.05. The Bertz CT molecular complexity index is 1110. The maximum atomic E-state index is 13.0. The molecule has 2 aromatic carbocycles. The highest BCUT2D eigenvalue weighted by Gasteiger charge is 2.31. The van der Waals surface area contributed by atoms with E-state index in [2.05, 4.69) is 10.6 Å². The molecule has 1 heterocycles. The van der Waals surface area contributed by atoms with Crippen molar-refractivity contribution < 1.29 is 19.0 Å². The predicted octanol–water partition coefficient (Wildman–Crippen LogP) is 2.37. The Morgan fingerprint density at radius 1 is 0.767 bits per heavy atom. The first-order valence-electron chi connectivity index (χ1n) is 9.91. The molecule has 6 nitrogen and oxygen atoms in total. The van der Waals surface area contributed by atoms with Gasteiger partial charge in [0.15, 0.2) is 24.0 Å². The molecule has 30 heavy (non-hydrogen) atoms. The van der Waals surface area contributed by atoms with Crippen LogP contribution in [-0.2, 0) is 11.3 Å². The first-order valence-corrected chi connectivity index (χ1v) is 9.91. The van der Waals surface area contributed by atoms with Crippen LogP contribution < -0.4 is 15.2 Å². The molecule has 4 rings (SSSR count). The van der Waals surface area contributed by atoms with E-state index in [1.54, 1.807) is 36.4 Å². The van der Waals surface area contributed by atoms with Crippen LogP contribution in [0.5, 0.6) is 0 Å². The summed E-state index contributed by atoms with van der Waals surface area (Å²) in [5.41, 5.74) is 2.38. The molecule has 2 N–H and O–H groups in total. The van der Waals surface area contributed by atoms with Gasteiger partial charge in [0.25, 0.3) is 5.91 Å². The Hall–Kier alpha value is -3.80. The molecule has 6 heteroatoms. The van der Waals surface area contributed by atoms with Crippen molar-refractivity contribution in [3.63, 3.8) is 0 Å². The lowest BCUT2D eigenvalue weighted by Crippen LogP contribution is -2.42. The summed E-state index contributed by atoms with van der Waals surface area (Å²) in [5, 5.41) is 6.14. The van der Waals surface area contributed by atoms with E-state index in [1.807, 2.05) is 41.2 Å². The van der Waals surface area contributed by atoms with Gasteiger partial charge in [-0.1, -0.05) is 42.5 Å². The second-order valence-corrected chi connectivity index (χ2v) is 7.11. The minimum absolute atomic E-state index is 0.0549. The Morgan fingerprint density at radius 3 is 2.23 bits per heavy atom. The molecule has 0 atom stereocenters. The molecule has 150 valence electrons. The molecule has 1 aliphatic rings. The zero-order valence-corrected chi connectivity index (χ0v) is 16.4. The minimum Gasteiger partial charge on any atom is -0.384 e. The Kier molecular flexibility index (Phi) is 5.66. The molecule has 3 aromatic rings. The van der Waals surface area contributed by atoms with E-state index in [0.29, 0.717) is 47.5 Å². The van der Waals surface area contributed by atoms with Gasteiger partial charge in [-0.2, -0.15) is 4.57 Å². The van der Waals surface area contributed by atoms with Gasteiger partial charge in [0.1, 0.15) is 0 Å². The van der Waals surface area contributed by atoms with E-state index in [-0.39, 0.29) is 24.0 Å². The van der Waals surface area contributed by atoms with Gasteiger partial charge in [0, 0.05) is 47.6 Å². The fraction of sp³-hybridized carbons (Fsp3) is 0.167. The first-order chi connectivity index (χ1) is 14.6. The van der Waals surface area contributed by atoms with Crippen LogP contribution in [0.15, 0.2) is 73.1 Å². The topological polar surface area (TPSA) is 79.2 Å². The molecular formula is C24H22N3O3+. The van der Waals surface area contributed by atoms with Crippen molar-refractivity contribution in [3.8, 4) is 0 Å². The summed E-state index contributed by atoms with van der Waals surface area (Å²) in [5.74, 6) is -0.327. The van der Waals surface area contributed by atoms with Crippen molar-refractivity contribution in [3.05, 3.63) is 95.3 Å². The molecule has 1 amide bonds. The first kappa shape index (κ1) is 19.5. The zero-order chi connectivity index (χ0) is 20.9. The summed E-state index contributed by atoms with van der Waals surface area (Å²) in [6.45, 7) is 1.36. The van der Waals surface area contributed by atoms with Crippen LogP contribution in [0.3, 0.4) is 0 Å². The lowest BCUT2D eigenvalue weighted by Gasteiger charge is -2.20. The van der Waals surface area contributed by atoms with Gasteiger partial charge in [-0.3, -0.25) is 14.4 Å². The van der Waals surface area contributed by atoms with Crippen LogP contribution in [0.2, 0.25) is 0 Å². The van der Waals surface area contributed by atoms with Gasteiger partial charge < -0.3 is 10.6 Å². The Morgan fingerprint density at radius 2 is 1.47 bits per heavy atom. The Balaban J connectivity index is 1.35. The van der Waals surface area contributed by atoms with E-state index in [0.717, 1.165) is 0 Å². The van der Waals surface area contributed by atoms with Crippen LogP contribution in [0.25, 0.3) is 0 Å². The number of fused-ring (bicyclic) bond motifs is 2. The van der Waals surface area contributed by atoms with E-state index >= 15 is 0 Å². The van der Waals surface area contributed by atoms with Crippen LogP contribution in [-0.4, -0.2) is 30.6 Å². The molecule has 1 aromatic heterocycles. The zero-order valence-electron chi connectivity index (χ0n) is 16.4. The van der Waals surface area contributed by atoms with E-state index in [1.165, 1.54) is 0 Å². The number of anilines is 1. The van der Waals surface area contributed by atoms with Crippen molar-refractivity contribution in [2.45, 2.75) is 13.0 Å². The summed E-state index contributed by atoms with van der Waals surface area (Å²) in [7, 11) is 0. The second kappa shape index (κ2) is 8.69. The molecule has 0 spiro atoms. The number of aromatic nitrogens is 1. The molecule has 0 fully saturated rings. The standard InChI is InChI=1S/C24H21N3O3/c28-21(16-27-14-4-1-5-15-27)26-13-7-12-25-20-11-6-10-19-22(20)24(30)18-9-3-2-8-17(18)23(19)29/h1-6,8-11,14-15H,7,12-13,16H2,(H-,25,26,28,30)/p+1. The lowest BCUT2D eigenvalue weighted by molar-refractivity contribution is -0.684. The minimum atomic E-state index is -0.142. The average molecular weight is 400 g/mol. The third-order valence-corrected chi connectivity index (χ3v) is 5.05. The molecule has 0 saturated heterocycles. The average Bonchev–Trinajstić information content (AvgIpc) is 2.78. The number of pyridine rings is 1. The summed E-state index contributed by atoms with van der Waals surface area (Å²) in [6, 6.07) is 17.8. The lowest BCUT2D eigenvalue weighted by atomic mass is 9.83. The number of nitrogens with zero attached hydrogens (tertiary/aromatic N) is 1. The smallest absolute Gasteiger partial charge is 0.285 e. The van der Waals surface area contributed by atoms with E-state index < -0.39 is 0 Å². The molecule has 0 unspecified atom stereocenters. The van der Waals surface area contributed by atoms with Crippen LogP contribution in [0, 0.1) is 0 Å². The Labute approximate surface area is 174 Å². The van der Waals surface area contributed by atoms with Crippen molar-refractivity contribution in [2.75, 3.05) is 18.4 Å². The van der Waals surface area contributed by atoms with Crippen molar-refractivity contribution in [1.82, 2.24) is 5.32 Å². The van der Waals surface area contributed by atoms with E-state index in [9.17, 15) is 14.4 Å². The molecule has 0 bridgehead atoms. The van der Waals surface area contributed by atoms with Crippen LogP contribution >= 0.6 is 0 Å². The number of hydrogen-bond acceptors (Lipinski definition) is 4. The fourth-order valence-electron chi connectivity index (χ4n) is 3.59. The quantitative estimate of drug-likeness (QED) is 0.369. The van der Waals surface area contributed by atoms with Gasteiger partial charge in [-0.15, -0.1) is 0 Å². The predicted molar refractivity (Wildman–Crippen MR) is 113 cm³/mol. The SMILES string of the molecule is O=C(C[n+]1ccccc1)NCCCNc1cccc2c1C(=O)c1ccccc1C2=O. The summed E-state index contributed by atoms with van der Waals surface area (Å²) < 4.78 is 1.81. The fourth-order valence-corrected chi connectivity index (χ4v) is 3.59. The number of ketones is 2. The third kappa shape index (κ3) is 3.98. The van der Waals surface area contributed by atoms with Gasteiger partial charge in [0.05, 0.1) is 5.56 Å². The summed E-state index contributed by atoms with van der Waals surface area (Å²) >= 11 is 0. The summed E-state index contributed by atoms with van der Waals surface area (Å²) in [4.78, 5) is 37.8. The van der Waals surface area contributed by atoms with Gasteiger partial charge in [-0.25, -0.2) is 0 Å². The van der Waals surface area contributed by atoms with E-state index in [4.69, 9.17) is 0 Å². The largest absolute Gasteiger partial charge is 0.384 e. The number of hydrogen-bond donors (Lipinski definition) is 2. The van der Waals surface area contributed by atoms with Crippen LogP contribution in [0.4, 0.5) is 5.69 Å². The second-order valence-electron chi connectivity index (χ2n) is 7.11. The maximum Gasteiger partial charge on any atom is 0.285 e. The number of benzene rings is 2. The normalized spacial score (nSPS) is 12.1. The number of carbonyl (C=O) groups is 3. The van der Waals surface area contributed by atoms with Crippen molar-refractivity contribution in [2.24, 2.45) is 0 Å². The monoisotopic (exact) mass is 400 g/mol. The van der Waals surface area contributed by atoms with Crippen LogP contribution in [0.1, 0.15) is 38.3 Å². The maximum absolute atomic E-state index is 13.0. The highest BCUT2D eigenvalue weighted by atomic mass is 16.2. The highest BCUT2D eigenvalue weighted by Crippen LogP contribution is 2.31. The molecule has 0 saturated carbocycles. The highest BCUT2D eigenvalue weighted by molar-refractivity contribution is 6.30. The molecule has 1 aliphatic carbocycles.